The molecule has 0 spiro atoms. The first-order valence-corrected chi connectivity index (χ1v) is 8.94. The number of rotatable bonds is 1. The maximum atomic E-state index is 13.9. The average molecular weight is 491 g/mol. The van der Waals surface area contributed by atoms with Gasteiger partial charge in [0, 0.05) is 16.0 Å². The quantitative estimate of drug-likeness (QED) is 0.552. The Labute approximate surface area is 197 Å². The van der Waals surface area contributed by atoms with E-state index in [1.165, 1.54) is 30.3 Å². The van der Waals surface area contributed by atoms with E-state index in [0.717, 1.165) is 24.3 Å². The molecule has 0 radical (unpaired) electrons. The molecule has 0 aromatic heterocycles. The molecule has 0 aliphatic heterocycles. The molecule has 0 saturated carbocycles. The molecular formula is C23H3F6N7. The van der Waals surface area contributed by atoms with Crippen LogP contribution in [0.2, 0.25) is 0 Å². The van der Waals surface area contributed by atoms with Crippen molar-refractivity contribution in [2.24, 2.45) is 0 Å². The van der Waals surface area contributed by atoms with Gasteiger partial charge in [0.15, 0.2) is 0 Å². The van der Waals surface area contributed by atoms with Gasteiger partial charge in [-0.05, 0) is 6.07 Å². The number of nitriles is 7. The third kappa shape index (κ3) is 4.35. The Morgan fingerprint density at radius 3 is 1.39 bits per heavy atom. The van der Waals surface area contributed by atoms with Gasteiger partial charge in [0.05, 0.1) is 39.0 Å². The van der Waals surface area contributed by atoms with E-state index >= 15 is 0 Å². The fraction of sp³-hybridized carbons (Fsp3) is 0.0870. The largest absolute Gasteiger partial charge is 0.417 e. The standard InChI is InChI=1S/C23H3F6N7/c24-22(25,26)19-3-20(23(27,28)29)21(18(10-36)16(19)8-34)17(9-35)13-2-1-12(11(4-30)5-31)14(6-32)15(13)7-33/h1-3H/b17-13+. The van der Waals surface area contributed by atoms with Gasteiger partial charge in [0.25, 0.3) is 0 Å². The zero-order valence-electron chi connectivity index (χ0n) is 17.1. The molecule has 0 heterocycles. The van der Waals surface area contributed by atoms with Crippen molar-refractivity contribution in [1.82, 2.24) is 0 Å². The van der Waals surface area contributed by atoms with Crippen LogP contribution in [0.25, 0.3) is 11.1 Å². The van der Waals surface area contributed by atoms with Crippen molar-refractivity contribution >= 4 is 11.1 Å². The van der Waals surface area contributed by atoms with Crippen molar-refractivity contribution in [2.45, 2.75) is 12.4 Å². The Hall–Kier alpha value is -5.81. The normalized spacial score (nSPS) is 11.3. The molecule has 2 aromatic carbocycles. The van der Waals surface area contributed by atoms with Gasteiger partial charge in [-0.3, -0.25) is 0 Å². The summed E-state index contributed by atoms with van der Waals surface area (Å²) in [6.07, 6.45) is -11.0. The Balaban J connectivity index is 3.45. The summed E-state index contributed by atoms with van der Waals surface area (Å²) < 4.78 is 82.0. The molecule has 0 amide bonds. The molecule has 0 unspecified atom stereocenters. The highest BCUT2D eigenvalue weighted by molar-refractivity contribution is 5.85. The summed E-state index contributed by atoms with van der Waals surface area (Å²) >= 11 is 0. The molecule has 0 aliphatic rings. The number of benzene rings is 2. The van der Waals surface area contributed by atoms with Crippen molar-refractivity contribution in [3.8, 4) is 42.5 Å². The number of hydrogen-bond acceptors (Lipinski definition) is 7. The van der Waals surface area contributed by atoms with Gasteiger partial charge >= 0.3 is 12.4 Å². The molecule has 0 N–H and O–H groups in total. The fourth-order valence-electron chi connectivity index (χ4n) is 3.27. The lowest BCUT2D eigenvalue weighted by Crippen LogP contribution is -2.24. The smallest absolute Gasteiger partial charge is 0.192 e. The molecule has 0 saturated heterocycles. The summed E-state index contributed by atoms with van der Waals surface area (Å²) in [6.45, 7) is 0. The summed E-state index contributed by atoms with van der Waals surface area (Å²) in [5.41, 5.74) is -11.7. The number of hydrogen-bond donors (Lipinski definition) is 0. The number of alkyl halides is 6. The van der Waals surface area contributed by atoms with E-state index in [1.807, 2.05) is 0 Å². The van der Waals surface area contributed by atoms with Crippen LogP contribution in [0.3, 0.4) is 0 Å². The first-order valence-electron chi connectivity index (χ1n) is 8.94. The fourth-order valence-corrected chi connectivity index (χ4v) is 3.27. The van der Waals surface area contributed by atoms with Gasteiger partial charge in [-0.2, -0.15) is 63.2 Å². The minimum Gasteiger partial charge on any atom is -0.192 e. The van der Waals surface area contributed by atoms with Gasteiger partial charge < -0.3 is 0 Å². The second-order valence-electron chi connectivity index (χ2n) is 6.54. The minimum atomic E-state index is -5.57. The zero-order chi connectivity index (χ0) is 27.4. The monoisotopic (exact) mass is 491 g/mol. The second-order valence-corrected chi connectivity index (χ2v) is 6.54. The van der Waals surface area contributed by atoms with Crippen molar-refractivity contribution in [3.05, 3.63) is 67.6 Å². The van der Waals surface area contributed by atoms with E-state index in [0.29, 0.717) is 0 Å². The molecule has 13 heteroatoms. The maximum absolute atomic E-state index is 13.9. The summed E-state index contributed by atoms with van der Waals surface area (Å²) in [7, 11) is 0. The molecule has 2 rings (SSSR count). The van der Waals surface area contributed by atoms with E-state index in [4.69, 9.17) is 10.5 Å². The third-order valence-corrected chi connectivity index (χ3v) is 4.71. The van der Waals surface area contributed by atoms with Gasteiger partial charge in [0.1, 0.15) is 48.1 Å². The molecule has 0 bridgehead atoms. The van der Waals surface area contributed by atoms with Gasteiger partial charge in [0.2, 0.25) is 0 Å². The molecule has 2 aromatic rings. The molecule has 0 atom stereocenters. The number of nitrogens with zero attached hydrogens (tertiary/aromatic N) is 7. The van der Waals surface area contributed by atoms with E-state index in [9.17, 15) is 52.7 Å². The zero-order valence-corrected chi connectivity index (χ0v) is 17.1. The number of halogens is 6. The van der Waals surface area contributed by atoms with Crippen LogP contribution in [0.1, 0.15) is 38.9 Å². The SMILES string of the molecule is N#CC(C#N)=c1cc/c(=C(/C#N)c2c(C(F)(F)F)cc(C(F)(F)F)c(C#N)c2C#N)c(C#N)c1C#N. The highest BCUT2D eigenvalue weighted by Crippen LogP contribution is 2.42. The predicted octanol–water partition coefficient (Wildman–Crippen LogP) is 3.13. The highest BCUT2D eigenvalue weighted by Gasteiger charge is 2.43. The Morgan fingerprint density at radius 1 is 0.556 bits per heavy atom. The van der Waals surface area contributed by atoms with Gasteiger partial charge in [-0.15, -0.1) is 0 Å². The summed E-state index contributed by atoms with van der Waals surface area (Å²) in [5.74, 6) is 0. The summed E-state index contributed by atoms with van der Waals surface area (Å²) in [6, 6.07) is 10.6. The van der Waals surface area contributed by atoms with Crippen molar-refractivity contribution in [2.75, 3.05) is 0 Å². The van der Waals surface area contributed by atoms with Crippen molar-refractivity contribution in [3.63, 3.8) is 0 Å². The van der Waals surface area contributed by atoms with Crippen LogP contribution in [0.4, 0.5) is 26.3 Å². The summed E-state index contributed by atoms with van der Waals surface area (Å²) in [4.78, 5) is 0. The van der Waals surface area contributed by atoms with Crippen LogP contribution < -0.4 is 10.4 Å². The van der Waals surface area contributed by atoms with Gasteiger partial charge in [-0.25, -0.2) is 0 Å². The molecule has 172 valence electrons. The maximum Gasteiger partial charge on any atom is 0.417 e. The van der Waals surface area contributed by atoms with Crippen molar-refractivity contribution in [1.29, 1.82) is 36.8 Å². The van der Waals surface area contributed by atoms with Crippen LogP contribution in [0.15, 0.2) is 18.2 Å². The predicted molar refractivity (Wildman–Crippen MR) is 104 cm³/mol. The first-order chi connectivity index (χ1) is 16.9. The first kappa shape index (κ1) is 26.4. The lowest BCUT2D eigenvalue weighted by Gasteiger charge is -2.19. The van der Waals surface area contributed by atoms with E-state index in [1.54, 1.807) is 0 Å². The van der Waals surface area contributed by atoms with Crippen LogP contribution in [0, 0.1) is 79.3 Å². The van der Waals surface area contributed by atoms with E-state index in [-0.39, 0.29) is 5.22 Å². The summed E-state index contributed by atoms with van der Waals surface area (Å²) in [5, 5.41) is 64.5. The van der Waals surface area contributed by atoms with E-state index in [2.05, 4.69) is 0 Å². The Bertz CT molecular complexity index is 1720. The van der Waals surface area contributed by atoms with Crippen LogP contribution in [0.5, 0.6) is 0 Å². The van der Waals surface area contributed by atoms with E-state index < -0.39 is 73.7 Å². The van der Waals surface area contributed by atoms with Crippen LogP contribution in [-0.2, 0) is 12.4 Å². The molecule has 0 fully saturated rings. The topological polar surface area (TPSA) is 167 Å². The van der Waals surface area contributed by atoms with Gasteiger partial charge in [-0.1, -0.05) is 12.1 Å². The lowest BCUT2D eigenvalue weighted by atomic mass is 9.86. The Kier molecular flexibility index (Phi) is 7.04. The van der Waals surface area contributed by atoms with Crippen molar-refractivity contribution < 1.29 is 26.3 Å². The highest BCUT2D eigenvalue weighted by atomic mass is 19.4. The molecule has 7 nitrogen and oxygen atoms in total. The van der Waals surface area contributed by atoms with Crippen LogP contribution >= 0.6 is 0 Å². The average Bonchev–Trinajstić information content (AvgIpc) is 2.83. The van der Waals surface area contributed by atoms with Crippen LogP contribution in [-0.4, -0.2) is 0 Å². The third-order valence-electron chi connectivity index (χ3n) is 4.71. The second kappa shape index (κ2) is 9.59. The minimum absolute atomic E-state index is 0.387. The molecular weight excluding hydrogens is 488 g/mol. The lowest BCUT2D eigenvalue weighted by molar-refractivity contribution is -0.143. The Morgan fingerprint density at radius 2 is 1.00 bits per heavy atom. The molecule has 0 aliphatic carbocycles. The molecule has 36 heavy (non-hydrogen) atoms.